The molecule has 0 saturated carbocycles. The lowest BCUT2D eigenvalue weighted by atomic mass is 9.94. The zero-order valence-electron chi connectivity index (χ0n) is 10.7. The number of aromatic nitrogens is 2. The molecule has 0 aliphatic heterocycles. The Balaban J connectivity index is 2.62. The van der Waals surface area contributed by atoms with Gasteiger partial charge in [-0.05, 0) is 33.6 Å². The van der Waals surface area contributed by atoms with Crippen molar-refractivity contribution >= 4 is 0 Å². The monoisotopic (exact) mass is 225 g/mol. The van der Waals surface area contributed by atoms with E-state index in [1.165, 1.54) is 5.56 Å². The van der Waals surface area contributed by atoms with Crippen molar-refractivity contribution in [1.82, 2.24) is 15.5 Å². The number of H-pyrrole nitrogens is 1. The Hall–Kier alpha value is -0.870. The normalized spacial score (nSPS) is 15.1. The van der Waals surface area contributed by atoms with Crippen LogP contribution in [-0.2, 0) is 6.54 Å². The van der Waals surface area contributed by atoms with E-state index in [1.807, 2.05) is 13.8 Å². The molecule has 0 fully saturated rings. The fraction of sp³-hybridized carbons (Fsp3) is 0.750. The molecule has 16 heavy (non-hydrogen) atoms. The van der Waals surface area contributed by atoms with Crippen LogP contribution < -0.4 is 5.32 Å². The Morgan fingerprint density at radius 3 is 2.56 bits per heavy atom. The lowest BCUT2D eigenvalue weighted by molar-refractivity contribution is 0.214. The van der Waals surface area contributed by atoms with E-state index < -0.39 is 0 Å². The first-order chi connectivity index (χ1) is 7.52. The molecule has 4 heteroatoms. The van der Waals surface area contributed by atoms with E-state index in [0.29, 0.717) is 0 Å². The summed E-state index contributed by atoms with van der Waals surface area (Å²) < 4.78 is 0. The molecule has 92 valence electrons. The maximum Gasteiger partial charge on any atom is 0.0638 e. The van der Waals surface area contributed by atoms with Crippen molar-refractivity contribution < 1.29 is 5.11 Å². The molecule has 0 radical (unpaired) electrons. The second-order valence-corrected chi connectivity index (χ2v) is 4.65. The van der Waals surface area contributed by atoms with Crippen molar-refractivity contribution in [3.63, 3.8) is 0 Å². The van der Waals surface area contributed by atoms with Gasteiger partial charge in [-0.2, -0.15) is 5.10 Å². The fourth-order valence-corrected chi connectivity index (χ4v) is 1.77. The standard InChI is InChI=1S/C12H23N3O/c1-5-12(4,6-7-16)13-8-11-9(2)14-15-10(11)3/h13,16H,5-8H2,1-4H3,(H,14,15). The summed E-state index contributed by atoms with van der Waals surface area (Å²) in [5.74, 6) is 0. The van der Waals surface area contributed by atoms with Crippen LogP contribution in [0.5, 0.6) is 0 Å². The number of aromatic amines is 1. The van der Waals surface area contributed by atoms with E-state index in [0.717, 1.165) is 30.8 Å². The highest BCUT2D eigenvalue weighted by Gasteiger charge is 2.21. The Kier molecular flexibility index (Phi) is 4.50. The third kappa shape index (κ3) is 3.06. The van der Waals surface area contributed by atoms with E-state index in [-0.39, 0.29) is 12.1 Å². The quantitative estimate of drug-likeness (QED) is 0.690. The molecule has 1 aromatic rings. The van der Waals surface area contributed by atoms with Gasteiger partial charge >= 0.3 is 0 Å². The minimum atomic E-state index is 0.00486. The zero-order valence-corrected chi connectivity index (χ0v) is 10.7. The Morgan fingerprint density at radius 1 is 1.44 bits per heavy atom. The van der Waals surface area contributed by atoms with Crippen LogP contribution in [0.15, 0.2) is 0 Å². The predicted octanol–water partition coefficient (Wildman–Crippen LogP) is 1.67. The first-order valence-corrected chi connectivity index (χ1v) is 5.88. The van der Waals surface area contributed by atoms with Crippen molar-refractivity contribution in [2.24, 2.45) is 0 Å². The van der Waals surface area contributed by atoms with Gasteiger partial charge in [-0.25, -0.2) is 0 Å². The van der Waals surface area contributed by atoms with Crippen LogP contribution in [0.1, 0.15) is 43.6 Å². The molecule has 0 aromatic carbocycles. The number of hydrogen-bond donors (Lipinski definition) is 3. The molecular formula is C12H23N3O. The number of nitrogens with one attached hydrogen (secondary N) is 2. The van der Waals surface area contributed by atoms with E-state index in [9.17, 15) is 0 Å². The van der Waals surface area contributed by atoms with Crippen LogP contribution in [0.25, 0.3) is 0 Å². The van der Waals surface area contributed by atoms with Gasteiger partial charge < -0.3 is 10.4 Å². The van der Waals surface area contributed by atoms with Crippen LogP contribution in [0.4, 0.5) is 0 Å². The summed E-state index contributed by atoms with van der Waals surface area (Å²) in [5, 5.41) is 19.7. The van der Waals surface area contributed by atoms with Crippen molar-refractivity contribution in [3.05, 3.63) is 17.0 Å². The number of nitrogens with zero attached hydrogens (tertiary/aromatic N) is 1. The van der Waals surface area contributed by atoms with E-state index in [4.69, 9.17) is 5.11 Å². The molecule has 1 heterocycles. The van der Waals surface area contributed by atoms with Crippen LogP contribution in [0.3, 0.4) is 0 Å². The Bertz CT molecular complexity index is 316. The van der Waals surface area contributed by atoms with Gasteiger partial charge in [0.25, 0.3) is 0 Å². The van der Waals surface area contributed by atoms with Crippen LogP contribution in [0, 0.1) is 13.8 Å². The van der Waals surface area contributed by atoms with Crippen LogP contribution in [0.2, 0.25) is 0 Å². The number of hydrogen-bond acceptors (Lipinski definition) is 3. The van der Waals surface area contributed by atoms with Gasteiger partial charge in [0.2, 0.25) is 0 Å². The summed E-state index contributed by atoms with van der Waals surface area (Å²) in [7, 11) is 0. The molecule has 0 spiro atoms. The molecule has 0 saturated heterocycles. The molecule has 0 aliphatic carbocycles. The summed E-state index contributed by atoms with van der Waals surface area (Å²) in [4.78, 5) is 0. The van der Waals surface area contributed by atoms with Gasteiger partial charge in [0, 0.05) is 29.9 Å². The highest BCUT2D eigenvalue weighted by Crippen LogP contribution is 2.16. The van der Waals surface area contributed by atoms with E-state index >= 15 is 0 Å². The lowest BCUT2D eigenvalue weighted by Gasteiger charge is -2.29. The molecule has 0 amide bonds. The van der Waals surface area contributed by atoms with Gasteiger partial charge in [0.1, 0.15) is 0 Å². The number of rotatable bonds is 6. The van der Waals surface area contributed by atoms with Gasteiger partial charge in [0.15, 0.2) is 0 Å². The van der Waals surface area contributed by atoms with Crippen molar-refractivity contribution in [2.75, 3.05) is 6.61 Å². The number of aliphatic hydroxyl groups excluding tert-OH is 1. The van der Waals surface area contributed by atoms with Crippen LogP contribution >= 0.6 is 0 Å². The Morgan fingerprint density at radius 2 is 2.12 bits per heavy atom. The van der Waals surface area contributed by atoms with E-state index in [2.05, 4.69) is 29.4 Å². The summed E-state index contributed by atoms with van der Waals surface area (Å²) in [6.45, 7) is 9.35. The van der Waals surface area contributed by atoms with Crippen LogP contribution in [-0.4, -0.2) is 27.4 Å². The Labute approximate surface area is 97.5 Å². The third-order valence-electron chi connectivity index (χ3n) is 3.42. The minimum Gasteiger partial charge on any atom is -0.396 e. The zero-order chi connectivity index (χ0) is 12.2. The number of aryl methyl sites for hydroxylation is 2. The summed E-state index contributed by atoms with van der Waals surface area (Å²) in [5.41, 5.74) is 3.41. The average Bonchev–Trinajstić information content (AvgIpc) is 2.57. The molecule has 0 aliphatic rings. The molecule has 3 N–H and O–H groups in total. The van der Waals surface area contributed by atoms with E-state index in [1.54, 1.807) is 0 Å². The van der Waals surface area contributed by atoms with Gasteiger partial charge in [-0.3, -0.25) is 5.10 Å². The van der Waals surface area contributed by atoms with Crippen molar-refractivity contribution in [1.29, 1.82) is 0 Å². The van der Waals surface area contributed by atoms with Crippen molar-refractivity contribution in [3.8, 4) is 0 Å². The minimum absolute atomic E-state index is 0.00486. The third-order valence-corrected chi connectivity index (χ3v) is 3.42. The predicted molar refractivity (Wildman–Crippen MR) is 65.3 cm³/mol. The maximum absolute atomic E-state index is 9.04. The topological polar surface area (TPSA) is 60.9 Å². The molecule has 1 atom stereocenters. The molecule has 1 aromatic heterocycles. The SMILES string of the molecule is CCC(C)(CCO)NCc1c(C)n[nH]c1C. The second kappa shape index (κ2) is 5.46. The van der Waals surface area contributed by atoms with Gasteiger partial charge in [-0.15, -0.1) is 0 Å². The molecule has 0 bridgehead atoms. The first kappa shape index (κ1) is 13.2. The highest BCUT2D eigenvalue weighted by molar-refractivity contribution is 5.23. The van der Waals surface area contributed by atoms with Gasteiger partial charge in [0.05, 0.1) is 5.69 Å². The highest BCUT2D eigenvalue weighted by atomic mass is 16.3. The largest absolute Gasteiger partial charge is 0.396 e. The maximum atomic E-state index is 9.04. The molecule has 1 rings (SSSR count). The summed E-state index contributed by atoms with van der Waals surface area (Å²) in [6, 6.07) is 0. The second-order valence-electron chi connectivity index (χ2n) is 4.65. The summed E-state index contributed by atoms with van der Waals surface area (Å²) >= 11 is 0. The molecule has 4 nitrogen and oxygen atoms in total. The average molecular weight is 225 g/mol. The molecule has 1 unspecified atom stereocenters. The smallest absolute Gasteiger partial charge is 0.0638 e. The molecular weight excluding hydrogens is 202 g/mol. The first-order valence-electron chi connectivity index (χ1n) is 5.88. The van der Waals surface area contributed by atoms with Crippen molar-refractivity contribution in [2.45, 2.75) is 52.6 Å². The fourth-order valence-electron chi connectivity index (χ4n) is 1.77. The van der Waals surface area contributed by atoms with Gasteiger partial charge in [-0.1, -0.05) is 6.92 Å². The summed E-state index contributed by atoms with van der Waals surface area (Å²) in [6.07, 6.45) is 1.78. The lowest BCUT2D eigenvalue weighted by Crippen LogP contribution is -2.42. The number of aliphatic hydroxyl groups is 1.